The lowest BCUT2D eigenvalue weighted by Crippen LogP contribution is -2.45. The number of hydrogen-bond acceptors (Lipinski definition) is 3. The predicted molar refractivity (Wildman–Crippen MR) is 85.1 cm³/mol. The standard InChI is InChI=1S/C17H34N2O/c1-5-10-18-16-13-20-12-14(16)11-19(4)15-6-8-17(2,3)9-7-15/h14-16,18H,5-13H2,1-4H3. The van der Waals surface area contributed by atoms with Gasteiger partial charge in [-0.1, -0.05) is 20.8 Å². The van der Waals surface area contributed by atoms with Gasteiger partial charge in [0.25, 0.3) is 0 Å². The van der Waals surface area contributed by atoms with Crippen LogP contribution in [-0.4, -0.2) is 50.3 Å². The molecule has 118 valence electrons. The monoisotopic (exact) mass is 282 g/mol. The maximum absolute atomic E-state index is 5.70. The van der Waals surface area contributed by atoms with Crippen molar-refractivity contribution in [2.75, 3.05) is 33.4 Å². The highest BCUT2D eigenvalue weighted by Crippen LogP contribution is 2.36. The van der Waals surface area contributed by atoms with Gasteiger partial charge in [0, 0.05) is 24.5 Å². The minimum Gasteiger partial charge on any atom is -0.379 e. The third-order valence-corrected chi connectivity index (χ3v) is 5.31. The van der Waals surface area contributed by atoms with Gasteiger partial charge in [0.1, 0.15) is 0 Å². The molecule has 0 radical (unpaired) electrons. The molecular weight excluding hydrogens is 248 g/mol. The largest absolute Gasteiger partial charge is 0.379 e. The van der Waals surface area contributed by atoms with Crippen LogP contribution in [0, 0.1) is 11.3 Å². The molecule has 2 fully saturated rings. The molecule has 1 aliphatic heterocycles. The molecule has 20 heavy (non-hydrogen) atoms. The molecule has 1 N–H and O–H groups in total. The SMILES string of the molecule is CCCNC1COCC1CN(C)C1CCC(C)(C)CC1. The summed E-state index contributed by atoms with van der Waals surface area (Å²) in [4.78, 5) is 2.61. The second-order valence-corrected chi connectivity index (χ2v) is 7.69. The van der Waals surface area contributed by atoms with E-state index in [4.69, 9.17) is 4.74 Å². The molecule has 2 aliphatic rings. The first-order chi connectivity index (χ1) is 9.52. The highest BCUT2D eigenvalue weighted by atomic mass is 16.5. The van der Waals surface area contributed by atoms with Gasteiger partial charge < -0.3 is 15.0 Å². The van der Waals surface area contributed by atoms with Gasteiger partial charge in [0.15, 0.2) is 0 Å². The van der Waals surface area contributed by atoms with Crippen molar-refractivity contribution in [2.45, 2.75) is 65.0 Å². The van der Waals surface area contributed by atoms with Crippen LogP contribution in [0.2, 0.25) is 0 Å². The molecule has 0 bridgehead atoms. The third kappa shape index (κ3) is 4.44. The van der Waals surface area contributed by atoms with Crippen molar-refractivity contribution >= 4 is 0 Å². The lowest BCUT2D eigenvalue weighted by molar-refractivity contribution is 0.107. The summed E-state index contributed by atoms with van der Waals surface area (Å²) in [7, 11) is 2.32. The Morgan fingerprint density at radius 2 is 1.90 bits per heavy atom. The van der Waals surface area contributed by atoms with E-state index in [2.05, 4.69) is 38.0 Å². The zero-order valence-electron chi connectivity index (χ0n) is 14.0. The van der Waals surface area contributed by atoms with E-state index in [0.29, 0.717) is 17.4 Å². The van der Waals surface area contributed by atoms with Gasteiger partial charge in [-0.2, -0.15) is 0 Å². The van der Waals surface area contributed by atoms with E-state index in [1.165, 1.54) is 38.6 Å². The first-order valence-electron chi connectivity index (χ1n) is 8.53. The van der Waals surface area contributed by atoms with Crippen LogP contribution in [0.5, 0.6) is 0 Å². The zero-order valence-corrected chi connectivity index (χ0v) is 14.0. The Labute approximate surface area is 125 Å². The highest BCUT2D eigenvalue weighted by molar-refractivity contribution is 4.87. The molecule has 0 aromatic rings. The molecule has 1 saturated heterocycles. The first kappa shape index (κ1) is 16.3. The van der Waals surface area contributed by atoms with Crippen molar-refractivity contribution in [1.29, 1.82) is 0 Å². The summed E-state index contributed by atoms with van der Waals surface area (Å²) in [6, 6.07) is 1.35. The van der Waals surface area contributed by atoms with Crippen molar-refractivity contribution in [1.82, 2.24) is 10.2 Å². The number of hydrogen-bond donors (Lipinski definition) is 1. The van der Waals surface area contributed by atoms with Crippen LogP contribution in [0.15, 0.2) is 0 Å². The van der Waals surface area contributed by atoms with Crippen LogP contribution in [0.3, 0.4) is 0 Å². The van der Waals surface area contributed by atoms with Gasteiger partial charge in [0.05, 0.1) is 13.2 Å². The summed E-state index contributed by atoms with van der Waals surface area (Å²) >= 11 is 0. The summed E-state index contributed by atoms with van der Waals surface area (Å²) in [6.45, 7) is 11.2. The Hall–Kier alpha value is -0.120. The fourth-order valence-corrected chi connectivity index (χ4v) is 3.68. The maximum atomic E-state index is 5.70. The molecular formula is C17H34N2O. The molecule has 1 saturated carbocycles. The highest BCUT2D eigenvalue weighted by Gasteiger charge is 2.33. The van der Waals surface area contributed by atoms with E-state index in [0.717, 1.165) is 25.8 Å². The Morgan fingerprint density at radius 3 is 2.55 bits per heavy atom. The van der Waals surface area contributed by atoms with Crippen molar-refractivity contribution in [3.05, 3.63) is 0 Å². The van der Waals surface area contributed by atoms with E-state index in [1.807, 2.05) is 0 Å². The average molecular weight is 282 g/mol. The van der Waals surface area contributed by atoms with Crippen LogP contribution in [0.25, 0.3) is 0 Å². The van der Waals surface area contributed by atoms with Crippen LogP contribution >= 0.6 is 0 Å². The quantitative estimate of drug-likeness (QED) is 0.811. The fourth-order valence-electron chi connectivity index (χ4n) is 3.68. The third-order valence-electron chi connectivity index (χ3n) is 5.31. The molecule has 3 nitrogen and oxygen atoms in total. The zero-order chi connectivity index (χ0) is 14.6. The summed E-state index contributed by atoms with van der Waals surface area (Å²) in [5.74, 6) is 0.668. The van der Waals surface area contributed by atoms with Crippen molar-refractivity contribution in [3.8, 4) is 0 Å². The van der Waals surface area contributed by atoms with Crippen LogP contribution in [0.4, 0.5) is 0 Å². The van der Waals surface area contributed by atoms with Crippen molar-refractivity contribution < 1.29 is 4.74 Å². The van der Waals surface area contributed by atoms with Gasteiger partial charge in [0.2, 0.25) is 0 Å². The second-order valence-electron chi connectivity index (χ2n) is 7.69. The molecule has 1 heterocycles. The summed E-state index contributed by atoms with van der Waals surface area (Å²) in [6.07, 6.45) is 6.69. The van der Waals surface area contributed by atoms with Crippen LogP contribution in [0.1, 0.15) is 52.9 Å². The Kier molecular flexibility index (Phi) is 5.88. The van der Waals surface area contributed by atoms with E-state index in [-0.39, 0.29) is 0 Å². The van der Waals surface area contributed by atoms with Gasteiger partial charge in [-0.3, -0.25) is 0 Å². The number of nitrogens with zero attached hydrogens (tertiary/aromatic N) is 1. The average Bonchev–Trinajstić information content (AvgIpc) is 2.83. The maximum Gasteiger partial charge on any atom is 0.0623 e. The summed E-state index contributed by atoms with van der Waals surface area (Å²) in [5.41, 5.74) is 0.568. The van der Waals surface area contributed by atoms with Gasteiger partial charge in [-0.25, -0.2) is 0 Å². The van der Waals surface area contributed by atoms with Crippen molar-refractivity contribution in [2.24, 2.45) is 11.3 Å². The lowest BCUT2D eigenvalue weighted by Gasteiger charge is -2.39. The topological polar surface area (TPSA) is 24.5 Å². The summed E-state index contributed by atoms with van der Waals surface area (Å²) < 4.78 is 5.70. The minimum atomic E-state index is 0.567. The molecule has 3 heteroatoms. The molecule has 0 spiro atoms. The van der Waals surface area contributed by atoms with E-state index in [9.17, 15) is 0 Å². The lowest BCUT2D eigenvalue weighted by atomic mass is 9.75. The normalized spacial score (nSPS) is 31.1. The Balaban J connectivity index is 1.77. The first-order valence-corrected chi connectivity index (χ1v) is 8.53. The van der Waals surface area contributed by atoms with Crippen LogP contribution in [-0.2, 0) is 4.74 Å². The van der Waals surface area contributed by atoms with Gasteiger partial charge in [-0.15, -0.1) is 0 Å². The molecule has 1 aliphatic carbocycles. The molecule has 2 rings (SSSR count). The van der Waals surface area contributed by atoms with E-state index < -0.39 is 0 Å². The Morgan fingerprint density at radius 1 is 1.20 bits per heavy atom. The fraction of sp³-hybridized carbons (Fsp3) is 1.00. The smallest absolute Gasteiger partial charge is 0.0623 e. The second kappa shape index (κ2) is 7.24. The molecule has 2 unspecified atom stereocenters. The van der Waals surface area contributed by atoms with Gasteiger partial charge >= 0.3 is 0 Å². The Bertz CT molecular complexity index is 283. The number of rotatable bonds is 6. The molecule has 0 aromatic carbocycles. The number of ether oxygens (including phenoxy) is 1. The van der Waals surface area contributed by atoms with Crippen LogP contribution < -0.4 is 5.32 Å². The predicted octanol–water partition coefficient (Wildman–Crippen LogP) is 2.90. The molecule has 0 amide bonds. The van der Waals surface area contributed by atoms with Crippen molar-refractivity contribution in [3.63, 3.8) is 0 Å². The molecule has 0 aromatic heterocycles. The number of nitrogens with one attached hydrogen (secondary N) is 1. The molecule has 2 atom stereocenters. The minimum absolute atomic E-state index is 0.567. The summed E-state index contributed by atoms with van der Waals surface area (Å²) in [5, 5.41) is 3.65. The van der Waals surface area contributed by atoms with E-state index >= 15 is 0 Å². The van der Waals surface area contributed by atoms with Gasteiger partial charge in [-0.05, 0) is 51.1 Å². The van der Waals surface area contributed by atoms with E-state index in [1.54, 1.807) is 0 Å².